The molecule has 0 saturated carbocycles. The number of hydrogen-bond donors (Lipinski definition) is 1. The number of nitro benzene ring substituents is 1. The highest BCUT2D eigenvalue weighted by atomic mass is 16.6. The third-order valence-corrected chi connectivity index (χ3v) is 2.48. The van der Waals surface area contributed by atoms with Crippen LogP contribution in [0.15, 0.2) is 48.5 Å². The Balaban J connectivity index is 2.41. The molecular weight excluding hydrogens is 230 g/mol. The third-order valence-electron chi connectivity index (χ3n) is 2.48. The topological polar surface area (TPSA) is 79.9 Å². The number of nitro groups is 1. The van der Waals surface area contributed by atoms with Crippen molar-refractivity contribution in [2.24, 2.45) is 0 Å². The lowest BCUT2D eigenvalue weighted by Crippen LogP contribution is -2.04. The quantitative estimate of drug-likeness (QED) is 0.659. The van der Waals surface area contributed by atoms with Gasteiger partial charge in [-0.25, -0.2) is 4.98 Å². The lowest BCUT2D eigenvalue weighted by Gasteiger charge is -2.00. The molecule has 0 radical (unpaired) electrons. The van der Waals surface area contributed by atoms with Gasteiger partial charge >= 0.3 is 0 Å². The summed E-state index contributed by atoms with van der Waals surface area (Å²) in [5.41, 5.74) is 1.46. The average Bonchev–Trinajstić information content (AvgIpc) is 2.54. The van der Waals surface area contributed by atoms with Crippen molar-refractivity contribution in [1.82, 2.24) is 4.98 Å². The minimum Gasteiger partial charge on any atom is -0.283 e. The van der Waals surface area contributed by atoms with E-state index >= 15 is 0 Å². The molecule has 0 saturated heterocycles. The molecule has 90 valence electrons. The van der Waals surface area contributed by atoms with Gasteiger partial charge < -0.3 is 0 Å². The van der Waals surface area contributed by atoms with Crippen molar-refractivity contribution in [2.75, 3.05) is 0 Å². The molecule has 1 N–H and O–H groups in total. The van der Waals surface area contributed by atoms with Gasteiger partial charge in [0, 0.05) is 23.7 Å². The molecule has 5 nitrogen and oxygen atoms in total. The highest BCUT2D eigenvalue weighted by molar-refractivity contribution is 5.41. The lowest BCUT2D eigenvalue weighted by atomic mass is 10.1. The van der Waals surface area contributed by atoms with Gasteiger partial charge in [-0.1, -0.05) is 30.3 Å². The molecule has 1 heterocycles. The van der Waals surface area contributed by atoms with E-state index in [2.05, 4.69) is 4.98 Å². The fourth-order valence-electron chi connectivity index (χ4n) is 1.67. The summed E-state index contributed by atoms with van der Waals surface area (Å²) in [5, 5.41) is 18.4. The van der Waals surface area contributed by atoms with Gasteiger partial charge in [-0.2, -0.15) is 0 Å². The molecule has 18 heavy (non-hydrogen) atoms. The molecule has 0 aliphatic rings. The van der Waals surface area contributed by atoms with E-state index in [1.807, 2.05) is 0 Å². The van der Waals surface area contributed by atoms with Crippen LogP contribution >= 0.6 is 0 Å². The molecular formula is C13H11N3O2. The predicted molar refractivity (Wildman–Crippen MR) is 66.0 cm³/mol. The molecule has 0 amide bonds. The first-order chi connectivity index (χ1) is 8.66. The molecule has 0 aliphatic heterocycles. The minimum absolute atomic E-state index is 0.0809. The van der Waals surface area contributed by atoms with Crippen LogP contribution in [-0.2, 0) is 6.42 Å². The number of nitrogens with one attached hydrogen (secondary N) is 1. The second-order valence-corrected chi connectivity index (χ2v) is 3.77. The van der Waals surface area contributed by atoms with Crippen molar-refractivity contribution < 1.29 is 4.92 Å². The Labute approximate surface area is 103 Å². The molecule has 0 spiro atoms. The van der Waals surface area contributed by atoms with Gasteiger partial charge in [-0.05, 0) is 12.1 Å². The largest absolute Gasteiger partial charge is 0.283 e. The second kappa shape index (κ2) is 5.18. The normalized spacial score (nSPS) is 10.0. The number of rotatable bonds is 3. The Morgan fingerprint density at radius 3 is 2.56 bits per heavy atom. The monoisotopic (exact) mass is 241 g/mol. The van der Waals surface area contributed by atoms with E-state index in [-0.39, 0.29) is 11.2 Å². The zero-order valence-electron chi connectivity index (χ0n) is 9.54. The molecule has 2 rings (SSSR count). The Bertz CT molecular complexity index is 641. The van der Waals surface area contributed by atoms with Crippen molar-refractivity contribution in [2.45, 2.75) is 6.42 Å². The maximum Gasteiger partial charge on any atom is 0.272 e. The van der Waals surface area contributed by atoms with Gasteiger partial charge in [0.05, 0.1) is 4.92 Å². The molecule has 1 aromatic carbocycles. The van der Waals surface area contributed by atoms with Gasteiger partial charge in [0.2, 0.25) is 0 Å². The molecule has 5 heteroatoms. The number of hydrogen-bond acceptors (Lipinski definition) is 4. The molecule has 1 aromatic heterocycles. The Morgan fingerprint density at radius 2 is 1.78 bits per heavy atom. The smallest absolute Gasteiger partial charge is 0.272 e. The summed E-state index contributed by atoms with van der Waals surface area (Å²) in [5.74, 6) is 0. The van der Waals surface area contributed by atoms with Gasteiger partial charge in [-0.15, -0.1) is 0 Å². The minimum atomic E-state index is -0.403. The molecule has 0 aliphatic carbocycles. The fraction of sp³-hybridized carbons (Fsp3) is 0.0769. The van der Waals surface area contributed by atoms with Gasteiger partial charge in [0.15, 0.2) is 0 Å². The van der Waals surface area contributed by atoms with Gasteiger partial charge in [0.25, 0.3) is 5.69 Å². The average molecular weight is 241 g/mol. The van der Waals surface area contributed by atoms with Crippen LogP contribution in [-0.4, -0.2) is 9.91 Å². The number of nitrogens with zero attached hydrogens (tertiary/aromatic N) is 2. The first kappa shape index (κ1) is 11.9. The Morgan fingerprint density at radius 1 is 1.11 bits per heavy atom. The van der Waals surface area contributed by atoms with E-state index < -0.39 is 4.92 Å². The summed E-state index contributed by atoms with van der Waals surface area (Å²) in [4.78, 5) is 14.6. The van der Waals surface area contributed by atoms with Crippen LogP contribution < -0.4 is 5.49 Å². The maximum absolute atomic E-state index is 10.9. The first-order valence-electron chi connectivity index (χ1n) is 5.40. The van der Waals surface area contributed by atoms with Crippen LogP contribution in [0.2, 0.25) is 0 Å². The molecule has 0 unspecified atom stereocenters. The summed E-state index contributed by atoms with van der Waals surface area (Å²) in [6.45, 7) is 0. The fourth-order valence-corrected chi connectivity index (χ4v) is 1.67. The highest BCUT2D eigenvalue weighted by Gasteiger charge is 2.12. The van der Waals surface area contributed by atoms with Crippen LogP contribution in [0.25, 0.3) is 0 Å². The van der Waals surface area contributed by atoms with E-state index in [1.54, 1.807) is 42.5 Å². The predicted octanol–water partition coefficient (Wildman–Crippen LogP) is 2.06. The van der Waals surface area contributed by atoms with Crippen LogP contribution in [0.3, 0.4) is 0 Å². The van der Waals surface area contributed by atoms with Crippen molar-refractivity contribution in [3.05, 3.63) is 75.4 Å². The molecule has 0 fully saturated rings. The third kappa shape index (κ3) is 2.76. The van der Waals surface area contributed by atoms with E-state index in [9.17, 15) is 10.1 Å². The summed E-state index contributed by atoms with van der Waals surface area (Å²) in [6.07, 6.45) is 0.345. The first-order valence-corrected chi connectivity index (χ1v) is 5.40. The number of benzene rings is 1. The summed E-state index contributed by atoms with van der Waals surface area (Å²) < 4.78 is 0. The van der Waals surface area contributed by atoms with Crippen molar-refractivity contribution in [1.29, 1.82) is 5.41 Å². The molecule has 0 atom stereocenters. The van der Waals surface area contributed by atoms with Gasteiger partial charge in [0.1, 0.15) is 5.49 Å². The van der Waals surface area contributed by atoms with Crippen molar-refractivity contribution in [3.8, 4) is 0 Å². The van der Waals surface area contributed by atoms with E-state index in [0.29, 0.717) is 17.7 Å². The molecule has 0 bridgehead atoms. The van der Waals surface area contributed by atoms with Crippen molar-refractivity contribution >= 4 is 5.69 Å². The Hall–Kier alpha value is -2.56. The van der Waals surface area contributed by atoms with Crippen LogP contribution in [0, 0.1) is 15.5 Å². The van der Waals surface area contributed by atoms with E-state index in [0.717, 1.165) is 0 Å². The van der Waals surface area contributed by atoms with Gasteiger partial charge in [-0.3, -0.25) is 15.5 Å². The van der Waals surface area contributed by atoms with E-state index in [4.69, 9.17) is 5.41 Å². The summed E-state index contributed by atoms with van der Waals surface area (Å²) >= 11 is 0. The second-order valence-electron chi connectivity index (χ2n) is 3.77. The number of aromatic nitrogens is 1. The maximum atomic E-state index is 10.9. The number of para-hydroxylation sites is 1. The van der Waals surface area contributed by atoms with Crippen molar-refractivity contribution in [3.63, 3.8) is 0 Å². The lowest BCUT2D eigenvalue weighted by molar-refractivity contribution is -0.385. The SMILES string of the molecule is N=c1ccccc(Cc2ccccc2[N+](=O)[O-])n1. The summed E-state index contributed by atoms with van der Waals surface area (Å²) in [6, 6.07) is 13.4. The highest BCUT2D eigenvalue weighted by Crippen LogP contribution is 2.19. The van der Waals surface area contributed by atoms with Crippen LogP contribution in [0.1, 0.15) is 11.3 Å². The zero-order chi connectivity index (χ0) is 13.0. The zero-order valence-corrected chi connectivity index (χ0v) is 9.54. The van der Waals surface area contributed by atoms with Crippen LogP contribution in [0.4, 0.5) is 5.69 Å². The standard InChI is InChI=1S/C13H11N3O2/c14-13-8-4-2-6-11(15-13)9-10-5-1-3-7-12(10)16(17)18/h1-8,14H,9H2. The van der Waals surface area contributed by atoms with E-state index in [1.165, 1.54) is 6.07 Å². The van der Waals surface area contributed by atoms with Crippen LogP contribution in [0.5, 0.6) is 0 Å². The summed E-state index contributed by atoms with van der Waals surface area (Å²) in [7, 11) is 0. The molecule has 2 aromatic rings. The Kier molecular flexibility index (Phi) is 3.43.